The first-order chi connectivity index (χ1) is 12.0. The van der Waals surface area contributed by atoms with Gasteiger partial charge in [-0.3, -0.25) is 0 Å². The monoisotopic (exact) mass is 428 g/mol. The molecule has 0 atom stereocenters. The van der Waals surface area contributed by atoms with Crippen molar-refractivity contribution in [3.05, 3.63) is 57.1 Å². The van der Waals surface area contributed by atoms with Crippen molar-refractivity contribution in [2.45, 2.75) is 13.8 Å². The van der Waals surface area contributed by atoms with Gasteiger partial charge < -0.3 is 14.9 Å². The molecular weight excluding hydrogens is 406 g/mol. The van der Waals surface area contributed by atoms with Crippen molar-refractivity contribution in [3.8, 4) is 0 Å². The molecule has 26 heavy (non-hydrogen) atoms. The molecule has 1 N–H and O–H groups in total. The summed E-state index contributed by atoms with van der Waals surface area (Å²) in [5.41, 5.74) is 2.63. The molecule has 2 aromatic carbocycles. The number of hydrogen-bond acceptors (Lipinski definition) is 3. The number of halogens is 3. The highest BCUT2D eigenvalue weighted by Crippen LogP contribution is 2.25. The third-order valence-corrected chi connectivity index (χ3v) is 4.72. The van der Waals surface area contributed by atoms with Crippen LogP contribution in [0.2, 0.25) is 0 Å². The Bertz CT molecular complexity index is 762. The number of benzene rings is 2. The lowest BCUT2D eigenvalue weighted by molar-refractivity contribution is 0.0691. The molecule has 0 fully saturated rings. The summed E-state index contributed by atoms with van der Waals surface area (Å²) >= 11 is 3.17. The average molecular weight is 429 g/mol. The highest BCUT2D eigenvalue weighted by molar-refractivity contribution is 9.10. The Morgan fingerprint density at radius 1 is 0.885 bits per heavy atom. The van der Waals surface area contributed by atoms with Crippen molar-refractivity contribution in [1.82, 2.24) is 0 Å². The van der Waals surface area contributed by atoms with Crippen molar-refractivity contribution < 1.29 is 18.7 Å². The van der Waals surface area contributed by atoms with Crippen molar-refractivity contribution in [2.24, 2.45) is 0 Å². The summed E-state index contributed by atoms with van der Waals surface area (Å²) in [5, 5.41) is 8.72. The minimum absolute atomic E-state index is 0.210. The van der Waals surface area contributed by atoms with Crippen molar-refractivity contribution in [2.75, 3.05) is 38.0 Å². The Kier molecular flexibility index (Phi) is 7.56. The Balaban J connectivity index is 0.000000263. The van der Waals surface area contributed by atoms with Crippen LogP contribution in [-0.2, 0) is 0 Å². The van der Waals surface area contributed by atoms with Gasteiger partial charge in [0.15, 0.2) is 0 Å². The molecule has 7 heteroatoms. The Labute approximate surface area is 161 Å². The highest BCUT2D eigenvalue weighted by Gasteiger charge is 2.15. The molecule has 2 aromatic rings. The van der Waals surface area contributed by atoms with E-state index in [1.807, 2.05) is 32.0 Å². The SMILES string of the molecule is Cc1cc(N(C)C)cc(F)c1Br.Cc1cc(N(C)C)cc(F)c1C(=O)O. The van der Waals surface area contributed by atoms with Gasteiger partial charge in [-0.1, -0.05) is 0 Å². The molecule has 0 radical (unpaired) electrons. The molecule has 0 aliphatic carbocycles. The molecule has 0 aliphatic heterocycles. The van der Waals surface area contributed by atoms with Crippen LogP contribution in [0, 0.1) is 25.5 Å². The van der Waals surface area contributed by atoms with Gasteiger partial charge in [0, 0.05) is 39.6 Å². The number of carboxylic acid groups (broad SMARTS) is 1. The van der Waals surface area contributed by atoms with Gasteiger partial charge in [-0.15, -0.1) is 0 Å². The fourth-order valence-electron chi connectivity index (χ4n) is 2.22. The maximum absolute atomic E-state index is 13.3. The molecule has 0 aliphatic rings. The number of carbonyl (C=O) groups is 1. The second kappa shape index (κ2) is 8.98. The van der Waals surface area contributed by atoms with E-state index in [2.05, 4.69) is 15.9 Å². The fourth-order valence-corrected chi connectivity index (χ4v) is 2.45. The van der Waals surface area contributed by atoms with Crippen LogP contribution in [-0.4, -0.2) is 39.3 Å². The van der Waals surface area contributed by atoms with Gasteiger partial charge in [-0.05, 0) is 65.2 Å². The van der Waals surface area contributed by atoms with Crippen LogP contribution in [0.15, 0.2) is 28.7 Å². The molecule has 0 heterocycles. The zero-order valence-electron chi connectivity index (χ0n) is 15.7. The third-order valence-electron chi connectivity index (χ3n) is 3.71. The summed E-state index contributed by atoms with van der Waals surface area (Å²) in [7, 11) is 7.33. The van der Waals surface area contributed by atoms with Gasteiger partial charge in [0.1, 0.15) is 11.6 Å². The Hall–Kier alpha value is -2.15. The first kappa shape index (κ1) is 21.9. The molecule has 0 unspecified atom stereocenters. The second-order valence-electron chi connectivity index (χ2n) is 6.27. The van der Waals surface area contributed by atoms with Gasteiger partial charge >= 0.3 is 5.97 Å². The van der Waals surface area contributed by atoms with Crippen LogP contribution < -0.4 is 9.80 Å². The van der Waals surface area contributed by atoms with Crippen LogP contribution in [0.1, 0.15) is 21.5 Å². The largest absolute Gasteiger partial charge is 0.478 e. The van der Waals surface area contributed by atoms with E-state index in [4.69, 9.17) is 5.11 Å². The molecule has 0 spiro atoms. The van der Waals surface area contributed by atoms with Crippen molar-refractivity contribution in [1.29, 1.82) is 0 Å². The molecule has 142 valence electrons. The first-order valence-corrected chi connectivity index (χ1v) is 8.58. The maximum atomic E-state index is 13.3. The highest BCUT2D eigenvalue weighted by atomic mass is 79.9. The molecule has 0 bridgehead atoms. The molecule has 0 saturated carbocycles. The minimum Gasteiger partial charge on any atom is -0.478 e. The molecule has 2 rings (SSSR count). The van der Waals surface area contributed by atoms with Gasteiger partial charge in [-0.25, -0.2) is 13.6 Å². The number of carboxylic acids is 1. The van der Waals surface area contributed by atoms with Gasteiger partial charge in [-0.2, -0.15) is 0 Å². The first-order valence-electron chi connectivity index (χ1n) is 7.79. The lowest BCUT2D eigenvalue weighted by Gasteiger charge is -2.14. The van der Waals surface area contributed by atoms with E-state index in [-0.39, 0.29) is 11.4 Å². The number of aryl methyl sites for hydroxylation is 2. The maximum Gasteiger partial charge on any atom is 0.338 e. The number of aromatic carboxylic acids is 1. The number of hydrogen-bond donors (Lipinski definition) is 1. The predicted molar refractivity (Wildman–Crippen MR) is 106 cm³/mol. The lowest BCUT2D eigenvalue weighted by atomic mass is 10.1. The summed E-state index contributed by atoms with van der Waals surface area (Å²) < 4.78 is 27.0. The summed E-state index contributed by atoms with van der Waals surface area (Å²) in [6.07, 6.45) is 0. The summed E-state index contributed by atoms with van der Waals surface area (Å²) in [6.45, 7) is 3.46. The van der Waals surface area contributed by atoms with Gasteiger partial charge in [0.2, 0.25) is 0 Å². The topological polar surface area (TPSA) is 43.8 Å². The molecular formula is C19H23BrF2N2O2. The van der Waals surface area contributed by atoms with Crippen LogP contribution in [0.4, 0.5) is 20.2 Å². The van der Waals surface area contributed by atoms with E-state index in [0.717, 1.165) is 11.3 Å². The van der Waals surface area contributed by atoms with E-state index in [1.165, 1.54) is 12.1 Å². The average Bonchev–Trinajstić information content (AvgIpc) is 2.51. The van der Waals surface area contributed by atoms with Gasteiger partial charge in [0.25, 0.3) is 0 Å². The Morgan fingerprint density at radius 3 is 1.65 bits per heavy atom. The summed E-state index contributed by atoms with van der Waals surface area (Å²) in [5.74, 6) is -2.13. The van der Waals surface area contributed by atoms with E-state index < -0.39 is 11.8 Å². The van der Waals surface area contributed by atoms with Crippen LogP contribution >= 0.6 is 15.9 Å². The van der Waals surface area contributed by atoms with E-state index in [9.17, 15) is 13.6 Å². The predicted octanol–water partition coefficient (Wildman–Crippen LogP) is 4.86. The molecule has 4 nitrogen and oxygen atoms in total. The summed E-state index contributed by atoms with van der Waals surface area (Å²) in [4.78, 5) is 14.3. The number of rotatable bonds is 3. The number of anilines is 2. The quantitative estimate of drug-likeness (QED) is 0.757. The van der Waals surface area contributed by atoms with E-state index >= 15 is 0 Å². The standard InChI is InChI=1S/C10H12FNO2.C9H11BrFN/c1-6-4-7(12(2)3)5-8(11)9(6)10(13)14;1-6-4-7(12(2)3)5-8(11)9(6)10/h4-5H,1-3H3,(H,13,14);4-5H,1-3H3. The summed E-state index contributed by atoms with van der Waals surface area (Å²) in [6, 6.07) is 6.31. The normalized spacial score (nSPS) is 10.0. The molecule has 0 saturated heterocycles. The zero-order valence-corrected chi connectivity index (χ0v) is 17.3. The molecule has 0 amide bonds. The fraction of sp³-hybridized carbons (Fsp3) is 0.316. The smallest absolute Gasteiger partial charge is 0.338 e. The molecule has 0 aromatic heterocycles. The Morgan fingerprint density at radius 2 is 1.31 bits per heavy atom. The second-order valence-corrected chi connectivity index (χ2v) is 7.06. The van der Waals surface area contributed by atoms with Gasteiger partial charge in [0.05, 0.1) is 10.0 Å². The van der Waals surface area contributed by atoms with Crippen molar-refractivity contribution >= 4 is 33.3 Å². The minimum atomic E-state index is -1.23. The van der Waals surface area contributed by atoms with Crippen molar-refractivity contribution in [3.63, 3.8) is 0 Å². The number of nitrogens with zero attached hydrogens (tertiary/aromatic N) is 2. The van der Waals surface area contributed by atoms with Crippen LogP contribution in [0.5, 0.6) is 0 Å². The zero-order chi connectivity index (χ0) is 20.2. The van der Waals surface area contributed by atoms with E-state index in [1.54, 1.807) is 32.0 Å². The van der Waals surface area contributed by atoms with Crippen LogP contribution in [0.3, 0.4) is 0 Å². The van der Waals surface area contributed by atoms with E-state index in [0.29, 0.717) is 15.7 Å². The van der Waals surface area contributed by atoms with Crippen LogP contribution in [0.25, 0.3) is 0 Å². The third kappa shape index (κ3) is 5.42. The lowest BCUT2D eigenvalue weighted by Crippen LogP contribution is -2.11.